The Kier molecular flexibility index (Phi) is 5.14. The van der Waals surface area contributed by atoms with Crippen molar-refractivity contribution in [1.29, 1.82) is 0 Å². The molecule has 4 aromatic rings. The van der Waals surface area contributed by atoms with Crippen molar-refractivity contribution in [3.63, 3.8) is 0 Å². The molecular formula is C24H19FN2O3. The van der Waals surface area contributed by atoms with Gasteiger partial charge in [0, 0.05) is 11.3 Å². The number of aryl methyl sites for hydroxylation is 1. The molecule has 0 amide bonds. The molecule has 0 aliphatic carbocycles. The second-order valence-electron chi connectivity index (χ2n) is 6.95. The smallest absolute Gasteiger partial charge is 0.338 e. The third-order valence-electron chi connectivity index (χ3n) is 4.85. The third kappa shape index (κ3) is 3.72. The van der Waals surface area contributed by atoms with Crippen molar-refractivity contribution in [2.75, 3.05) is 0 Å². The molecule has 0 aliphatic rings. The first kappa shape index (κ1) is 19.5. The molecule has 4 rings (SSSR count). The molecule has 1 atom stereocenters. The van der Waals surface area contributed by atoms with Crippen molar-refractivity contribution in [2.24, 2.45) is 0 Å². The molecule has 1 aromatic heterocycles. The molecular weight excluding hydrogens is 383 g/mol. The van der Waals surface area contributed by atoms with Crippen molar-refractivity contribution in [3.05, 3.63) is 95.6 Å². The van der Waals surface area contributed by atoms with Gasteiger partial charge in [-0.3, -0.25) is 9.36 Å². The molecule has 5 nitrogen and oxygen atoms in total. The number of ketones is 1. The summed E-state index contributed by atoms with van der Waals surface area (Å²) in [6, 6.07) is 20.1. The van der Waals surface area contributed by atoms with E-state index < -0.39 is 23.7 Å². The van der Waals surface area contributed by atoms with Gasteiger partial charge in [0.25, 0.3) is 0 Å². The first-order chi connectivity index (χ1) is 14.4. The van der Waals surface area contributed by atoms with E-state index in [-0.39, 0.29) is 5.56 Å². The number of para-hydroxylation sites is 1. The summed E-state index contributed by atoms with van der Waals surface area (Å²) >= 11 is 0. The minimum absolute atomic E-state index is 0.282. The van der Waals surface area contributed by atoms with Crippen LogP contribution in [0.15, 0.2) is 72.8 Å². The van der Waals surface area contributed by atoms with Gasteiger partial charge in [0.05, 0.1) is 16.6 Å². The summed E-state index contributed by atoms with van der Waals surface area (Å²) in [4.78, 5) is 29.6. The van der Waals surface area contributed by atoms with E-state index in [1.165, 1.54) is 31.2 Å². The Morgan fingerprint density at radius 1 is 0.967 bits per heavy atom. The van der Waals surface area contributed by atoms with Crippen LogP contribution in [0.1, 0.15) is 33.5 Å². The topological polar surface area (TPSA) is 61.2 Å². The lowest BCUT2D eigenvalue weighted by Gasteiger charge is -2.12. The Morgan fingerprint density at radius 2 is 1.63 bits per heavy atom. The number of hydrogen-bond acceptors (Lipinski definition) is 4. The van der Waals surface area contributed by atoms with Gasteiger partial charge < -0.3 is 4.74 Å². The summed E-state index contributed by atoms with van der Waals surface area (Å²) in [5, 5.41) is 0. The molecule has 0 aliphatic heterocycles. The van der Waals surface area contributed by atoms with Crippen LogP contribution in [0, 0.1) is 12.7 Å². The number of rotatable bonds is 5. The first-order valence-electron chi connectivity index (χ1n) is 9.49. The number of fused-ring (bicyclic) bond motifs is 1. The van der Waals surface area contributed by atoms with Crippen molar-refractivity contribution in [3.8, 4) is 5.69 Å². The molecule has 30 heavy (non-hydrogen) atoms. The number of benzene rings is 3. The molecule has 1 heterocycles. The molecule has 0 spiro atoms. The van der Waals surface area contributed by atoms with Crippen LogP contribution in [0.25, 0.3) is 16.7 Å². The molecule has 0 N–H and O–H groups in total. The predicted molar refractivity (Wildman–Crippen MR) is 111 cm³/mol. The van der Waals surface area contributed by atoms with E-state index in [9.17, 15) is 14.0 Å². The van der Waals surface area contributed by atoms with Crippen molar-refractivity contribution in [1.82, 2.24) is 9.55 Å². The average Bonchev–Trinajstić information content (AvgIpc) is 3.09. The monoisotopic (exact) mass is 402 g/mol. The van der Waals surface area contributed by atoms with E-state index in [0.29, 0.717) is 11.1 Å². The van der Waals surface area contributed by atoms with Crippen LogP contribution in [0.2, 0.25) is 0 Å². The highest BCUT2D eigenvalue weighted by Crippen LogP contribution is 2.23. The zero-order chi connectivity index (χ0) is 21.3. The number of imidazole rings is 1. The highest BCUT2D eigenvalue weighted by atomic mass is 19.1. The average molecular weight is 402 g/mol. The van der Waals surface area contributed by atoms with Gasteiger partial charge in [-0.15, -0.1) is 0 Å². The quantitative estimate of drug-likeness (QED) is 0.352. The van der Waals surface area contributed by atoms with Crippen LogP contribution in [-0.4, -0.2) is 27.4 Å². The Balaban J connectivity index is 1.56. The van der Waals surface area contributed by atoms with Gasteiger partial charge in [-0.05, 0) is 68.4 Å². The van der Waals surface area contributed by atoms with Gasteiger partial charge in [-0.2, -0.15) is 0 Å². The molecule has 0 bridgehead atoms. The van der Waals surface area contributed by atoms with Gasteiger partial charge in [0.1, 0.15) is 11.6 Å². The second-order valence-corrected chi connectivity index (χ2v) is 6.95. The lowest BCUT2D eigenvalue weighted by molar-refractivity contribution is 0.0319. The maximum absolute atomic E-state index is 13.0. The Labute approximate surface area is 172 Å². The van der Waals surface area contributed by atoms with Crippen LogP contribution >= 0.6 is 0 Å². The van der Waals surface area contributed by atoms with Crippen molar-refractivity contribution >= 4 is 22.8 Å². The summed E-state index contributed by atoms with van der Waals surface area (Å²) in [6.07, 6.45) is -0.998. The number of hydrogen-bond donors (Lipinski definition) is 0. The van der Waals surface area contributed by atoms with E-state index in [0.717, 1.165) is 17.0 Å². The van der Waals surface area contributed by atoms with Gasteiger partial charge in [-0.1, -0.05) is 18.2 Å². The number of halogens is 1. The maximum atomic E-state index is 13.0. The SMILES string of the molecule is Cc1nc2cc(C(=O)OC(C)C(=O)c3ccc(F)cc3)ccc2n1-c1ccccc1. The molecule has 0 fully saturated rings. The van der Waals surface area contributed by atoms with Gasteiger partial charge in [-0.25, -0.2) is 14.2 Å². The van der Waals surface area contributed by atoms with E-state index in [2.05, 4.69) is 4.98 Å². The van der Waals surface area contributed by atoms with Gasteiger partial charge in [0.2, 0.25) is 5.78 Å². The summed E-state index contributed by atoms with van der Waals surface area (Å²) in [7, 11) is 0. The summed E-state index contributed by atoms with van der Waals surface area (Å²) in [5.41, 5.74) is 3.09. The van der Waals surface area contributed by atoms with E-state index in [4.69, 9.17) is 4.74 Å². The van der Waals surface area contributed by atoms with Gasteiger partial charge >= 0.3 is 5.97 Å². The lowest BCUT2D eigenvalue weighted by atomic mass is 10.1. The van der Waals surface area contributed by atoms with Crippen LogP contribution in [0.4, 0.5) is 4.39 Å². The molecule has 6 heteroatoms. The van der Waals surface area contributed by atoms with Crippen LogP contribution in [0.3, 0.4) is 0 Å². The number of carbonyl (C=O) groups is 2. The summed E-state index contributed by atoms with van der Waals surface area (Å²) < 4.78 is 20.4. The summed E-state index contributed by atoms with van der Waals surface area (Å²) in [6.45, 7) is 3.39. The predicted octanol–water partition coefficient (Wildman–Crippen LogP) is 4.90. The fourth-order valence-corrected chi connectivity index (χ4v) is 3.36. The largest absolute Gasteiger partial charge is 0.451 e. The number of ether oxygens (including phenoxy) is 1. The van der Waals surface area contributed by atoms with Crippen molar-refractivity contribution < 1.29 is 18.7 Å². The first-order valence-corrected chi connectivity index (χ1v) is 9.49. The Morgan fingerprint density at radius 3 is 2.33 bits per heavy atom. The molecule has 0 radical (unpaired) electrons. The fraction of sp³-hybridized carbons (Fsp3) is 0.125. The minimum atomic E-state index is -0.998. The fourth-order valence-electron chi connectivity index (χ4n) is 3.36. The number of Topliss-reactive ketones (excluding diaryl/α,β-unsaturated/α-hetero) is 1. The van der Waals surface area contributed by atoms with Crippen LogP contribution < -0.4 is 0 Å². The van der Waals surface area contributed by atoms with E-state index in [1.807, 2.05) is 47.9 Å². The Bertz CT molecular complexity index is 1230. The second kappa shape index (κ2) is 7.91. The molecule has 150 valence electrons. The maximum Gasteiger partial charge on any atom is 0.338 e. The van der Waals surface area contributed by atoms with E-state index >= 15 is 0 Å². The highest BCUT2D eigenvalue weighted by molar-refractivity contribution is 6.02. The van der Waals surface area contributed by atoms with Gasteiger partial charge in [0.15, 0.2) is 6.10 Å². The molecule has 3 aromatic carbocycles. The van der Waals surface area contributed by atoms with E-state index in [1.54, 1.807) is 12.1 Å². The third-order valence-corrected chi connectivity index (χ3v) is 4.85. The molecule has 1 unspecified atom stereocenters. The molecule has 0 saturated heterocycles. The standard InChI is InChI=1S/C24H19FN2O3/c1-15(23(28)17-8-11-19(25)12-9-17)30-24(29)18-10-13-22-21(14-18)26-16(2)27(22)20-6-4-3-5-7-20/h3-15H,1-2H3. The number of esters is 1. The summed E-state index contributed by atoms with van der Waals surface area (Å²) in [5.74, 6) is -0.656. The zero-order valence-electron chi connectivity index (χ0n) is 16.5. The molecule has 0 saturated carbocycles. The van der Waals surface area contributed by atoms with Crippen LogP contribution in [-0.2, 0) is 4.74 Å². The zero-order valence-corrected chi connectivity index (χ0v) is 16.5. The number of aromatic nitrogens is 2. The number of nitrogens with zero attached hydrogens (tertiary/aromatic N) is 2. The normalized spacial score (nSPS) is 12.0. The highest BCUT2D eigenvalue weighted by Gasteiger charge is 2.21. The van der Waals surface area contributed by atoms with Crippen LogP contribution in [0.5, 0.6) is 0 Å². The Hall–Kier alpha value is -3.80. The number of carbonyl (C=O) groups excluding carboxylic acids is 2. The van der Waals surface area contributed by atoms with Crippen molar-refractivity contribution in [2.45, 2.75) is 20.0 Å². The minimum Gasteiger partial charge on any atom is -0.451 e. The lowest BCUT2D eigenvalue weighted by Crippen LogP contribution is -2.24.